The first-order valence-electron chi connectivity index (χ1n) is 6.93. The van der Waals surface area contributed by atoms with E-state index >= 15 is 0 Å². The molecule has 1 aliphatic heterocycles. The monoisotopic (exact) mass is 318 g/mol. The number of nitrogens with zero attached hydrogens (tertiary/aromatic N) is 3. The number of ether oxygens (including phenoxy) is 1. The largest absolute Gasteiger partial charge is 0.460 e. The molecule has 0 spiro atoms. The molecule has 1 aromatic rings. The lowest BCUT2D eigenvalue weighted by Gasteiger charge is -2.18. The summed E-state index contributed by atoms with van der Waals surface area (Å²) in [5, 5.41) is 3.03. The van der Waals surface area contributed by atoms with Crippen molar-refractivity contribution < 1.29 is 22.7 Å². The molecule has 1 unspecified atom stereocenters. The molecule has 0 bridgehead atoms. The number of nitrogens with one attached hydrogen (secondary N) is 1. The van der Waals surface area contributed by atoms with Crippen molar-refractivity contribution in [3.8, 4) is 0 Å². The van der Waals surface area contributed by atoms with Crippen molar-refractivity contribution in [1.29, 1.82) is 0 Å². The van der Waals surface area contributed by atoms with Crippen molar-refractivity contribution >= 4 is 11.8 Å². The number of anilines is 1. The van der Waals surface area contributed by atoms with Crippen LogP contribution in [0.2, 0.25) is 0 Å². The minimum absolute atomic E-state index is 0.0722. The predicted octanol–water partition coefficient (Wildman–Crippen LogP) is 1.70. The van der Waals surface area contributed by atoms with Crippen molar-refractivity contribution in [3.63, 3.8) is 0 Å². The molecule has 6 nitrogen and oxygen atoms in total. The van der Waals surface area contributed by atoms with Gasteiger partial charge in [0.05, 0.1) is 13.2 Å². The third kappa shape index (κ3) is 4.83. The summed E-state index contributed by atoms with van der Waals surface area (Å²) in [7, 11) is 0. The lowest BCUT2D eigenvalue weighted by molar-refractivity contribution is -0.143. The van der Waals surface area contributed by atoms with Crippen LogP contribution in [0, 0.1) is 0 Å². The molecule has 1 atom stereocenters. The van der Waals surface area contributed by atoms with Crippen molar-refractivity contribution in [1.82, 2.24) is 14.9 Å². The number of carbonyl (C=O) groups excluding carboxylic acids is 1. The van der Waals surface area contributed by atoms with Crippen LogP contribution < -0.4 is 5.32 Å². The molecule has 9 heteroatoms. The Kier molecular flexibility index (Phi) is 5.17. The van der Waals surface area contributed by atoms with E-state index in [1.807, 2.05) is 0 Å². The van der Waals surface area contributed by atoms with Crippen molar-refractivity contribution in [2.75, 3.05) is 31.6 Å². The molecule has 0 aliphatic carbocycles. The normalized spacial score (nSPS) is 19.2. The Morgan fingerprint density at radius 1 is 1.55 bits per heavy atom. The summed E-state index contributed by atoms with van der Waals surface area (Å²) < 4.78 is 41.8. The van der Waals surface area contributed by atoms with Gasteiger partial charge in [0.15, 0.2) is 0 Å². The molecular weight excluding hydrogens is 301 g/mol. The molecule has 0 radical (unpaired) electrons. The molecule has 1 fully saturated rings. The van der Waals surface area contributed by atoms with Gasteiger partial charge in [0.1, 0.15) is 5.82 Å². The van der Waals surface area contributed by atoms with Gasteiger partial charge in [-0.2, -0.15) is 13.2 Å². The van der Waals surface area contributed by atoms with E-state index in [0.717, 1.165) is 0 Å². The third-order valence-electron chi connectivity index (χ3n) is 3.14. The summed E-state index contributed by atoms with van der Waals surface area (Å²) in [6.07, 6.45) is -2.21. The van der Waals surface area contributed by atoms with Crippen molar-refractivity contribution in [2.24, 2.45) is 0 Å². The molecule has 1 saturated heterocycles. The van der Waals surface area contributed by atoms with E-state index in [2.05, 4.69) is 15.3 Å². The number of alkyl halides is 3. The van der Waals surface area contributed by atoms with Gasteiger partial charge in [0.25, 0.3) is 0 Å². The molecule has 22 heavy (non-hydrogen) atoms. The van der Waals surface area contributed by atoms with Gasteiger partial charge in [-0.1, -0.05) is 0 Å². The molecule has 2 rings (SSSR count). The Bertz CT molecular complexity index is 524. The maximum atomic E-state index is 12.3. The summed E-state index contributed by atoms with van der Waals surface area (Å²) >= 11 is 0. The van der Waals surface area contributed by atoms with Crippen LogP contribution in [0.25, 0.3) is 0 Å². The molecule has 1 N–H and O–H groups in total. The van der Waals surface area contributed by atoms with E-state index in [9.17, 15) is 18.0 Å². The van der Waals surface area contributed by atoms with E-state index in [-0.39, 0.29) is 25.0 Å². The Morgan fingerprint density at radius 3 is 3.00 bits per heavy atom. The van der Waals surface area contributed by atoms with E-state index < -0.39 is 18.7 Å². The zero-order valence-corrected chi connectivity index (χ0v) is 12.1. The van der Waals surface area contributed by atoms with Crippen molar-refractivity contribution in [2.45, 2.75) is 25.6 Å². The summed E-state index contributed by atoms with van der Waals surface area (Å²) in [6, 6.07) is 1.42. The van der Waals surface area contributed by atoms with E-state index in [0.29, 0.717) is 18.8 Å². The van der Waals surface area contributed by atoms with E-state index in [1.165, 1.54) is 11.1 Å². The summed E-state index contributed by atoms with van der Waals surface area (Å²) in [4.78, 5) is 20.7. The Balaban J connectivity index is 1.92. The predicted molar refractivity (Wildman–Crippen MR) is 72.5 cm³/mol. The fourth-order valence-electron chi connectivity index (χ4n) is 2.29. The van der Waals surface area contributed by atoms with Crippen LogP contribution in [0.1, 0.15) is 24.0 Å². The number of rotatable bonds is 5. The first kappa shape index (κ1) is 16.5. The number of halogens is 3. The first-order chi connectivity index (χ1) is 10.4. The van der Waals surface area contributed by atoms with Crippen LogP contribution >= 0.6 is 0 Å². The van der Waals surface area contributed by atoms with Crippen LogP contribution in [0.4, 0.5) is 19.0 Å². The molecular formula is C13H17F3N4O2. The highest BCUT2D eigenvalue weighted by Crippen LogP contribution is 2.21. The lowest BCUT2D eigenvalue weighted by atomic mass is 10.2. The Labute approximate surface area is 125 Å². The summed E-state index contributed by atoms with van der Waals surface area (Å²) in [5.74, 6) is -0.301. The highest BCUT2D eigenvalue weighted by molar-refractivity contribution is 5.85. The zero-order valence-electron chi connectivity index (χ0n) is 12.1. The third-order valence-corrected chi connectivity index (χ3v) is 3.14. The molecule has 2 heterocycles. The van der Waals surface area contributed by atoms with Gasteiger partial charge in [-0.3, -0.25) is 4.90 Å². The quantitative estimate of drug-likeness (QED) is 0.834. The van der Waals surface area contributed by atoms with Gasteiger partial charge in [0, 0.05) is 25.3 Å². The molecule has 1 aromatic heterocycles. The van der Waals surface area contributed by atoms with E-state index in [4.69, 9.17) is 4.74 Å². The van der Waals surface area contributed by atoms with E-state index in [1.54, 1.807) is 13.0 Å². The van der Waals surface area contributed by atoms with Crippen LogP contribution in [0.5, 0.6) is 0 Å². The highest BCUT2D eigenvalue weighted by Gasteiger charge is 2.34. The molecule has 0 amide bonds. The number of hydrogen-bond donors (Lipinski definition) is 1. The number of aromatic nitrogens is 2. The SMILES string of the molecule is CCOC(=O)c1nccc(NC2CCN(CC(F)(F)F)C2)n1. The summed E-state index contributed by atoms with van der Waals surface area (Å²) in [5.41, 5.74) is 0. The maximum absolute atomic E-state index is 12.3. The second kappa shape index (κ2) is 6.91. The van der Waals surface area contributed by atoms with Crippen LogP contribution in [-0.2, 0) is 4.74 Å². The zero-order chi connectivity index (χ0) is 16.2. The molecule has 0 saturated carbocycles. The minimum atomic E-state index is -4.19. The van der Waals surface area contributed by atoms with Crippen LogP contribution in [-0.4, -0.2) is 59.3 Å². The Hall–Kier alpha value is -1.90. The van der Waals surface area contributed by atoms with Gasteiger partial charge < -0.3 is 10.1 Å². The summed E-state index contributed by atoms with van der Waals surface area (Å²) in [6.45, 7) is 1.62. The second-order valence-corrected chi connectivity index (χ2v) is 4.97. The minimum Gasteiger partial charge on any atom is -0.460 e. The Morgan fingerprint density at radius 2 is 2.32 bits per heavy atom. The maximum Gasteiger partial charge on any atom is 0.401 e. The first-order valence-corrected chi connectivity index (χ1v) is 6.93. The highest BCUT2D eigenvalue weighted by atomic mass is 19.4. The molecule has 0 aromatic carbocycles. The van der Waals surface area contributed by atoms with Gasteiger partial charge in [-0.05, 0) is 19.4 Å². The van der Waals surface area contributed by atoms with Gasteiger partial charge in [-0.25, -0.2) is 14.8 Å². The number of esters is 1. The average Bonchev–Trinajstić information content (AvgIpc) is 2.84. The number of hydrogen-bond acceptors (Lipinski definition) is 6. The van der Waals surface area contributed by atoms with Gasteiger partial charge in [-0.15, -0.1) is 0 Å². The number of carbonyl (C=O) groups is 1. The number of likely N-dealkylation sites (tertiary alicyclic amines) is 1. The van der Waals surface area contributed by atoms with Gasteiger partial charge in [0.2, 0.25) is 5.82 Å². The molecule has 122 valence electrons. The van der Waals surface area contributed by atoms with Crippen LogP contribution in [0.3, 0.4) is 0 Å². The fraction of sp³-hybridized carbons (Fsp3) is 0.615. The van der Waals surface area contributed by atoms with Gasteiger partial charge >= 0.3 is 12.1 Å². The van der Waals surface area contributed by atoms with Crippen LogP contribution in [0.15, 0.2) is 12.3 Å². The van der Waals surface area contributed by atoms with Crippen molar-refractivity contribution in [3.05, 3.63) is 18.1 Å². The fourth-order valence-corrected chi connectivity index (χ4v) is 2.29. The lowest BCUT2D eigenvalue weighted by Crippen LogP contribution is -2.34. The smallest absolute Gasteiger partial charge is 0.401 e. The standard InChI is InChI=1S/C13H17F3N4O2/c1-2-22-12(21)11-17-5-3-10(19-11)18-9-4-6-20(7-9)8-13(14,15)16/h3,5,9H,2,4,6-8H2,1H3,(H,17,18,19). The second-order valence-electron chi connectivity index (χ2n) is 4.97. The molecule has 1 aliphatic rings. The average molecular weight is 318 g/mol. The topological polar surface area (TPSA) is 67.3 Å².